The van der Waals surface area contributed by atoms with E-state index in [0.29, 0.717) is 15.7 Å². The van der Waals surface area contributed by atoms with Gasteiger partial charge in [-0.25, -0.2) is 0 Å². The standard InChI is InChI=1S/C14H9ClN4O4S/c15-10-3-1-9(2-4-10)8-24-13-6-5-11(7-12(13)19(21)22)18-16-14(20)23-17-18/h1-7H,8H2. The minimum atomic E-state index is -0.876. The molecule has 0 saturated carbocycles. The molecule has 3 rings (SSSR count). The molecule has 0 radical (unpaired) electrons. The van der Waals surface area contributed by atoms with Crippen LogP contribution in [0.15, 0.2) is 51.9 Å². The predicted octanol–water partition coefficient (Wildman–Crippen LogP) is 2.27. The van der Waals surface area contributed by atoms with Crippen LogP contribution >= 0.6 is 23.4 Å². The molecule has 8 nitrogen and oxygen atoms in total. The van der Waals surface area contributed by atoms with E-state index >= 15 is 0 Å². The van der Waals surface area contributed by atoms with Crippen molar-refractivity contribution in [3.8, 4) is 11.8 Å². The Balaban J connectivity index is 1.84. The quantitative estimate of drug-likeness (QED) is 0.295. The number of aromatic nitrogens is 3. The topological polar surface area (TPSA) is 109 Å². The van der Waals surface area contributed by atoms with Crippen LogP contribution in [0.1, 0.15) is 5.56 Å². The molecule has 0 aliphatic heterocycles. The lowest BCUT2D eigenvalue weighted by Gasteiger charge is -2.03. The van der Waals surface area contributed by atoms with E-state index in [4.69, 9.17) is 11.6 Å². The summed E-state index contributed by atoms with van der Waals surface area (Å²) >= 11 is 7.16. The zero-order valence-corrected chi connectivity index (χ0v) is 13.5. The Labute approximate surface area is 144 Å². The van der Waals surface area contributed by atoms with Gasteiger partial charge in [-0.3, -0.25) is 10.1 Å². The first kappa shape index (κ1) is 16.2. The van der Waals surface area contributed by atoms with Crippen LogP contribution in [-0.4, -0.2) is 15.3 Å². The van der Waals surface area contributed by atoms with Crippen LogP contribution in [0.25, 0.3) is 5.69 Å². The monoisotopic (exact) mass is 364 g/mol. The average Bonchev–Trinajstić information content (AvgIpc) is 3.00. The van der Waals surface area contributed by atoms with Crippen molar-refractivity contribution in [2.24, 2.45) is 0 Å². The van der Waals surface area contributed by atoms with E-state index in [2.05, 4.69) is 14.9 Å². The molecule has 0 N–H and O–H groups in total. The average molecular weight is 365 g/mol. The highest BCUT2D eigenvalue weighted by Crippen LogP contribution is 2.32. The fraction of sp³-hybridized carbons (Fsp3) is 0.0714. The number of benzene rings is 2. The zero-order chi connectivity index (χ0) is 17.1. The van der Waals surface area contributed by atoms with Gasteiger partial charge in [0.15, 0.2) is 0 Å². The molecule has 0 fully saturated rings. The molecule has 0 saturated heterocycles. The molecule has 2 aromatic carbocycles. The highest BCUT2D eigenvalue weighted by atomic mass is 35.5. The van der Waals surface area contributed by atoms with Gasteiger partial charge in [0.25, 0.3) is 11.4 Å². The van der Waals surface area contributed by atoms with Gasteiger partial charge in [0.05, 0.1) is 25.8 Å². The molecule has 0 atom stereocenters. The third-order valence-corrected chi connectivity index (χ3v) is 4.44. The summed E-state index contributed by atoms with van der Waals surface area (Å²) in [6.07, 6.45) is -0.876. The lowest BCUT2D eigenvalue weighted by Crippen LogP contribution is -2.35. The molecule has 0 amide bonds. The maximum Gasteiger partial charge on any atom is 0.289 e. The van der Waals surface area contributed by atoms with Crippen LogP contribution in [0.2, 0.25) is 5.02 Å². The van der Waals surface area contributed by atoms with Crippen LogP contribution in [-0.2, 0) is 5.75 Å². The largest absolute Gasteiger partial charge is 0.523 e. The van der Waals surface area contributed by atoms with E-state index in [0.717, 1.165) is 10.4 Å². The summed E-state index contributed by atoms with van der Waals surface area (Å²) in [4.78, 5) is 12.2. The molecular weight excluding hydrogens is 356 g/mol. The summed E-state index contributed by atoms with van der Waals surface area (Å²) in [6, 6.07) is 11.7. The number of hydrogen-bond donors (Lipinski definition) is 0. The third kappa shape index (κ3) is 3.63. The molecule has 1 aromatic heterocycles. The lowest BCUT2D eigenvalue weighted by atomic mass is 10.2. The van der Waals surface area contributed by atoms with Crippen LogP contribution in [0.5, 0.6) is 6.08 Å². The van der Waals surface area contributed by atoms with Gasteiger partial charge >= 0.3 is 0 Å². The number of nitro groups is 1. The minimum absolute atomic E-state index is 0.101. The van der Waals surface area contributed by atoms with Gasteiger partial charge in [-0.1, -0.05) is 23.7 Å². The zero-order valence-electron chi connectivity index (χ0n) is 12.0. The highest BCUT2D eigenvalue weighted by molar-refractivity contribution is 7.98. The van der Waals surface area contributed by atoms with Crippen LogP contribution < -0.4 is 9.90 Å². The number of thioether (sulfide) groups is 1. The van der Waals surface area contributed by atoms with Gasteiger partial charge in [0.1, 0.15) is 5.27 Å². The van der Waals surface area contributed by atoms with Crippen molar-refractivity contribution >= 4 is 29.1 Å². The van der Waals surface area contributed by atoms with Crippen molar-refractivity contribution in [1.29, 1.82) is 0 Å². The molecule has 0 spiro atoms. The summed E-state index contributed by atoms with van der Waals surface area (Å²) in [6.45, 7) is 0. The fourth-order valence-corrected chi connectivity index (χ4v) is 3.02. The Bertz CT molecular complexity index is 885. The number of halogens is 1. The maximum atomic E-state index is 11.3. The molecule has 0 unspecified atom stereocenters. The van der Waals surface area contributed by atoms with Crippen LogP contribution in [0.3, 0.4) is 0 Å². The smallest absolute Gasteiger partial charge is 0.289 e. The van der Waals surface area contributed by atoms with Gasteiger partial charge in [-0.2, -0.15) is 0 Å². The first-order valence-corrected chi connectivity index (χ1v) is 7.99. The summed E-state index contributed by atoms with van der Waals surface area (Å²) in [5.74, 6) is 0.553. The van der Waals surface area contributed by atoms with Gasteiger partial charge in [0, 0.05) is 16.8 Å². The van der Waals surface area contributed by atoms with Crippen LogP contribution in [0, 0.1) is 10.1 Å². The highest BCUT2D eigenvalue weighted by Gasteiger charge is 2.21. The summed E-state index contributed by atoms with van der Waals surface area (Å²) in [7, 11) is 0. The van der Waals surface area contributed by atoms with Crippen LogP contribution in [0.4, 0.5) is 5.69 Å². The summed E-state index contributed by atoms with van der Waals surface area (Å²) in [5.41, 5.74) is 1.16. The number of rotatable bonds is 5. The number of hydrogen-bond acceptors (Lipinski definition) is 7. The van der Waals surface area contributed by atoms with E-state index in [1.807, 2.05) is 12.1 Å². The summed E-state index contributed by atoms with van der Waals surface area (Å²) < 4.78 is 4.32. The molecule has 122 valence electrons. The molecular formula is C14H9ClN4O4S. The molecule has 3 aromatic rings. The van der Waals surface area contributed by atoms with E-state index < -0.39 is 11.0 Å². The van der Waals surface area contributed by atoms with Crippen molar-refractivity contribution in [2.45, 2.75) is 10.6 Å². The van der Waals surface area contributed by atoms with E-state index in [1.54, 1.807) is 24.3 Å². The second-order valence-electron chi connectivity index (χ2n) is 4.65. The molecule has 10 heteroatoms. The molecule has 1 heterocycles. The minimum Gasteiger partial charge on any atom is -0.523 e. The SMILES string of the molecule is O=[N+]([O-])c1cc(-[n+]2noc([O-])n2)ccc1SCc1ccc(Cl)cc1. The normalized spacial score (nSPS) is 10.7. The summed E-state index contributed by atoms with van der Waals surface area (Å²) in [5, 5.41) is 29.7. The van der Waals surface area contributed by atoms with E-state index in [1.165, 1.54) is 17.8 Å². The van der Waals surface area contributed by atoms with Crippen molar-refractivity contribution in [3.63, 3.8) is 0 Å². The fourth-order valence-electron chi connectivity index (χ4n) is 1.93. The Morgan fingerprint density at radius 1 is 1.25 bits per heavy atom. The first-order valence-electron chi connectivity index (χ1n) is 6.62. The van der Waals surface area contributed by atoms with Gasteiger partial charge < -0.3 is 9.63 Å². The van der Waals surface area contributed by atoms with Gasteiger partial charge in [-0.15, -0.1) is 11.8 Å². The molecule has 0 bridgehead atoms. The molecule has 24 heavy (non-hydrogen) atoms. The Morgan fingerprint density at radius 2 is 2.00 bits per heavy atom. The first-order chi connectivity index (χ1) is 11.5. The lowest BCUT2D eigenvalue weighted by molar-refractivity contribution is -0.726. The predicted molar refractivity (Wildman–Crippen MR) is 82.9 cm³/mol. The number of nitro benzene ring substituents is 1. The van der Waals surface area contributed by atoms with Crippen molar-refractivity contribution in [3.05, 3.63) is 63.2 Å². The Kier molecular flexibility index (Phi) is 4.63. The second-order valence-corrected chi connectivity index (χ2v) is 6.11. The third-order valence-electron chi connectivity index (χ3n) is 3.05. The molecule has 0 aliphatic carbocycles. The Hall–Kier alpha value is -2.65. The van der Waals surface area contributed by atoms with E-state index in [-0.39, 0.29) is 11.4 Å². The van der Waals surface area contributed by atoms with Crippen molar-refractivity contribution < 1.29 is 19.3 Å². The second kappa shape index (κ2) is 6.85. The molecule has 0 aliphatic rings. The van der Waals surface area contributed by atoms with Crippen molar-refractivity contribution in [2.75, 3.05) is 0 Å². The van der Waals surface area contributed by atoms with Gasteiger partial charge in [0.2, 0.25) is 6.08 Å². The van der Waals surface area contributed by atoms with Gasteiger partial charge in [-0.05, 0) is 23.8 Å². The van der Waals surface area contributed by atoms with Crippen molar-refractivity contribution in [1.82, 2.24) is 10.4 Å². The van der Waals surface area contributed by atoms with E-state index in [9.17, 15) is 15.2 Å². The maximum absolute atomic E-state index is 11.3. The number of nitrogens with zero attached hydrogens (tertiary/aromatic N) is 4. The Morgan fingerprint density at radius 3 is 2.62 bits per heavy atom.